The zero-order chi connectivity index (χ0) is 11.8. The number of ether oxygens (including phenoxy) is 1. The van der Waals surface area contributed by atoms with Gasteiger partial charge in [-0.05, 0) is 12.8 Å². The van der Waals surface area contributed by atoms with Gasteiger partial charge >= 0.3 is 0 Å². The van der Waals surface area contributed by atoms with Gasteiger partial charge in [-0.25, -0.2) is 0 Å². The van der Waals surface area contributed by atoms with E-state index in [9.17, 15) is 4.79 Å². The highest BCUT2D eigenvalue weighted by molar-refractivity contribution is 5.80. The number of hydrogen-bond donors (Lipinski definition) is 0. The molecule has 90 valence electrons. The number of nitrogens with zero attached hydrogens (tertiary/aromatic N) is 1. The highest BCUT2D eigenvalue weighted by atomic mass is 16.5. The van der Waals surface area contributed by atoms with Crippen LogP contribution in [-0.4, -0.2) is 23.5 Å². The molecule has 0 bridgehead atoms. The lowest BCUT2D eigenvalue weighted by molar-refractivity contribution is -0.145. The molecule has 3 rings (SSSR count). The molecule has 2 heterocycles. The molecule has 17 heavy (non-hydrogen) atoms. The van der Waals surface area contributed by atoms with Crippen LogP contribution in [0, 0.1) is 5.92 Å². The van der Waals surface area contributed by atoms with E-state index < -0.39 is 0 Å². The summed E-state index contributed by atoms with van der Waals surface area (Å²) in [5, 5.41) is 0. The summed E-state index contributed by atoms with van der Waals surface area (Å²) in [6, 6.07) is 10.3. The summed E-state index contributed by atoms with van der Waals surface area (Å²) in [5.41, 5.74) is 1.08. The van der Waals surface area contributed by atoms with Gasteiger partial charge in [0.05, 0.1) is 12.6 Å². The number of benzene rings is 1. The minimum Gasteiger partial charge on any atom is -0.352 e. The van der Waals surface area contributed by atoms with Gasteiger partial charge in [0.1, 0.15) is 0 Å². The summed E-state index contributed by atoms with van der Waals surface area (Å²) in [6.07, 6.45) is 1.89. The van der Waals surface area contributed by atoms with Crippen molar-refractivity contribution in [2.45, 2.75) is 32.0 Å². The molecule has 3 nitrogen and oxygen atoms in total. The summed E-state index contributed by atoms with van der Waals surface area (Å²) >= 11 is 0. The first kappa shape index (κ1) is 10.8. The summed E-state index contributed by atoms with van der Waals surface area (Å²) in [4.78, 5) is 14.2. The molecule has 2 saturated heterocycles. The van der Waals surface area contributed by atoms with Crippen LogP contribution in [-0.2, 0) is 9.53 Å². The van der Waals surface area contributed by atoms with E-state index in [1.165, 1.54) is 0 Å². The molecule has 0 aliphatic carbocycles. The smallest absolute Gasteiger partial charge is 0.228 e. The Labute approximate surface area is 101 Å². The van der Waals surface area contributed by atoms with Gasteiger partial charge in [-0.3, -0.25) is 4.79 Å². The number of fused-ring (bicyclic) bond motifs is 1. The first-order chi connectivity index (χ1) is 8.27. The number of carbonyl (C=O) groups is 1. The van der Waals surface area contributed by atoms with Crippen LogP contribution >= 0.6 is 0 Å². The standard InChI is InChI=1S/C14H17NO2/c1-10-7-8-12-9-17-14(15(12)13(10)16)11-5-3-2-4-6-11/h2-6,10,12,14H,7-9H2,1H3/t10-,12+,14-/m0/s1. The average Bonchev–Trinajstić information content (AvgIpc) is 2.79. The van der Waals surface area contributed by atoms with E-state index in [0.29, 0.717) is 6.61 Å². The van der Waals surface area contributed by atoms with Crippen LogP contribution in [0.4, 0.5) is 0 Å². The van der Waals surface area contributed by atoms with Crippen molar-refractivity contribution in [3.05, 3.63) is 35.9 Å². The fourth-order valence-electron chi connectivity index (χ4n) is 2.77. The topological polar surface area (TPSA) is 29.5 Å². The van der Waals surface area contributed by atoms with Crippen molar-refractivity contribution in [1.29, 1.82) is 0 Å². The second kappa shape index (κ2) is 4.15. The van der Waals surface area contributed by atoms with E-state index in [0.717, 1.165) is 18.4 Å². The first-order valence-electron chi connectivity index (χ1n) is 6.26. The van der Waals surface area contributed by atoms with Crippen LogP contribution in [0.3, 0.4) is 0 Å². The van der Waals surface area contributed by atoms with Crippen LogP contribution in [0.2, 0.25) is 0 Å². The molecule has 0 N–H and O–H groups in total. The zero-order valence-electron chi connectivity index (χ0n) is 10.0. The van der Waals surface area contributed by atoms with Crippen LogP contribution in [0.5, 0.6) is 0 Å². The lowest BCUT2D eigenvalue weighted by atomic mass is 9.93. The molecule has 3 heteroatoms. The van der Waals surface area contributed by atoms with Gasteiger partial charge in [-0.1, -0.05) is 37.3 Å². The molecule has 3 atom stereocenters. The molecule has 0 aromatic heterocycles. The Hall–Kier alpha value is -1.35. The monoisotopic (exact) mass is 231 g/mol. The van der Waals surface area contributed by atoms with Crippen molar-refractivity contribution in [3.8, 4) is 0 Å². The molecule has 2 aliphatic rings. The summed E-state index contributed by atoms with van der Waals surface area (Å²) in [5.74, 6) is 0.381. The van der Waals surface area contributed by atoms with E-state index in [1.54, 1.807) is 0 Å². The Kier molecular flexibility index (Phi) is 2.63. The quantitative estimate of drug-likeness (QED) is 0.742. The molecule has 2 fully saturated rings. The molecule has 1 aromatic carbocycles. The Morgan fingerprint density at radius 1 is 1.24 bits per heavy atom. The minimum atomic E-state index is -0.170. The molecule has 0 unspecified atom stereocenters. The van der Waals surface area contributed by atoms with Crippen LogP contribution < -0.4 is 0 Å². The Balaban J connectivity index is 1.90. The summed E-state index contributed by atoms with van der Waals surface area (Å²) in [7, 11) is 0. The fourth-order valence-corrected chi connectivity index (χ4v) is 2.77. The van der Waals surface area contributed by atoms with Crippen molar-refractivity contribution in [3.63, 3.8) is 0 Å². The van der Waals surface area contributed by atoms with Gasteiger partial charge in [0.15, 0.2) is 6.23 Å². The Morgan fingerprint density at radius 2 is 2.00 bits per heavy atom. The van der Waals surface area contributed by atoms with Gasteiger partial charge in [-0.15, -0.1) is 0 Å². The normalized spacial score (nSPS) is 32.6. The lowest BCUT2D eigenvalue weighted by Crippen LogP contribution is -2.45. The van der Waals surface area contributed by atoms with E-state index in [-0.39, 0.29) is 24.1 Å². The number of piperidine rings is 1. The summed E-state index contributed by atoms with van der Waals surface area (Å²) < 4.78 is 5.81. The predicted molar refractivity (Wildman–Crippen MR) is 64.2 cm³/mol. The second-order valence-electron chi connectivity index (χ2n) is 4.97. The molecule has 1 aromatic rings. The molecule has 2 aliphatic heterocycles. The van der Waals surface area contributed by atoms with Crippen molar-refractivity contribution in [1.82, 2.24) is 4.90 Å². The Bertz CT molecular complexity index is 417. The molecule has 0 spiro atoms. The van der Waals surface area contributed by atoms with Crippen LogP contribution in [0.1, 0.15) is 31.6 Å². The number of rotatable bonds is 1. The fraction of sp³-hybridized carbons (Fsp3) is 0.500. The molecule has 1 amide bonds. The van der Waals surface area contributed by atoms with E-state index in [4.69, 9.17) is 4.74 Å². The van der Waals surface area contributed by atoms with Gasteiger partial charge in [0.25, 0.3) is 0 Å². The van der Waals surface area contributed by atoms with Gasteiger partial charge in [0.2, 0.25) is 5.91 Å². The van der Waals surface area contributed by atoms with Gasteiger partial charge in [0, 0.05) is 11.5 Å². The van der Waals surface area contributed by atoms with Crippen molar-refractivity contribution in [2.75, 3.05) is 6.61 Å². The highest BCUT2D eigenvalue weighted by Crippen LogP contribution is 2.37. The third-order valence-corrected chi connectivity index (χ3v) is 3.79. The lowest BCUT2D eigenvalue weighted by Gasteiger charge is -2.35. The molecule has 0 saturated carbocycles. The number of hydrogen-bond acceptors (Lipinski definition) is 2. The number of amides is 1. The predicted octanol–water partition coefficient (Wildman–Crippen LogP) is 2.34. The highest BCUT2D eigenvalue weighted by Gasteiger charge is 2.43. The van der Waals surface area contributed by atoms with Crippen LogP contribution in [0.15, 0.2) is 30.3 Å². The SMILES string of the molecule is C[C@H]1CC[C@@H]2CO[C@@H](c3ccccc3)N2C1=O. The zero-order valence-corrected chi connectivity index (χ0v) is 10.0. The molecule has 0 radical (unpaired) electrons. The maximum atomic E-state index is 12.2. The van der Waals surface area contributed by atoms with Gasteiger partial charge < -0.3 is 9.64 Å². The summed E-state index contributed by atoms with van der Waals surface area (Å²) in [6.45, 7) is 2.69. The van der Waals surface area contributed by atoms with Crippen molar-refractivity contribution < 1.29 is 9.53 Å². The number of carbonyl (C=O) groups excluding carboxylic acids is 1. The second-order valence-corrected chi connectivity index (χ2v) is 4.97. The van der Waals surface area contributed by atoms with E-state index in [1.807, 2.05) is 42.2 Å². The van der Waals surface area contributed by atoms with E-state index >= 15 is 0 Å². The minimum absolute atomic E-state index is 0.138. The average molecular weight is 231 g/mol. The van der Waals surface area contributed by atoms with Crippen LogP contribution in [0.25, 0.3) is 0 Å². The van der Waals surface area contributed by atoms with Crippen molar-refractivity contribution in [2.24, 2.45) is 5.92 Å². The Morgan fingerprint density at radius 3 is 2.76 bits per heavy atom. The third-order valence-electron chi connectivity index (χ3n) is 3.79. The van der Waals surface area contributed by atoms with Crippen molar-refractivity contribution >= 4 is 5.91 Å². The maximum Gasteiger partial charge on any atom is 0.228 e. The van der Waals surface area contributed by atoms with Gasteiger partial charge in [-0.2, -0.15) is 0 Å². The van der Waals surface area contributed by atoms with E-state index in [2.05, 4.69) is 0 Å². The molecular formula is C14H17NO2. The largest absolute Gasteiger partial charge is 0.352 e. The first-order valence-corrected chi connectivity index (χ1v) is 6.26. The third kappa shape index (κ3) is 1.75. The molecular weight excluding hydrogens is 214 g/mol. The maximum absolute atomic E-state index is 12.2.